The van der Waals surface area contributed by atoms with Crippen molar-refractivity contribution in [3.05, 3.63) is 76.8 Å². The van der Waals surface area contributed by atoms with E-state index in [4.69, 9.17) is 0 Å². The summed E-state index contributed by atoms with van der Waals surface area (Å²) in [5.74, 6) is -0.466. The number of amides is 3. The van der Waals surface area contributed by atoms with E-state index in [2.05, 4.69) is 15.6 Å². The summed E-state index contributed by atoms with van der Waals surface area (Å²) in [7, 11) is 0. The molecule has 1 atom stereocenters. The SMILES string of the molecule is CC(NC(=O)c1ccccc1NC(=O)Cc1csc(N2CCCC2=O)n1)c1ccccc1. The molecular weight excluding hydrogens is 424 g/mol. The van der Waals surface area contributed by atoms with Crippen LogP contribution in [0.25, 0.3) is 0 Å². The van der Waals surface area contributed by atoms with E-state index in [-0.39, 0.29) is 30.2 Å². The summed E-state index contributed by atoms with van der Waals surface area (Å²) in [6.07, 6.45) is 1.43. The quantitative estimate of drug-likeness (QED) is 0.573. The number of anilines is 2. The fourth-order valence-electron chi connectivity index (χ4n) is 3.60. The molecule has 1 aliphatic heterocycles. The van der Waals surface area contributed by atoms with Crippen molar-refractivity contribution in [2.75, 3.05) is 16.8 Å². The van der Waals surface area contributed by atoms with Gasteiger partial charge in [0.1, 0.15) is 0 Å². The van der Waals surface area contributed by atoms with Crippen molar-refractivity contribution in [3.63, 3.8) is 0 Å². The largest absolute Gasteiger partial charge is 0.345 e. The number of hydrogen-bond donors (Lipinski definition) is 2. The van der Waals surface area contributed by atoms with Crippen LogP contribution in [0.2, 0.25) is 0 Å². The molecule has 1 aromatic heterocycles. The van der Waals surface area contributed by atoms with Gasteiger partial charge in [-0.25, -0.2) is 4.98 Å². The molecule has 2 N–H and O–H groups in total. The second-order valence-corrected chi connectivity index (χ2v) is 8.48. The van der Waals surface area contributed by atoms with Crippen LogP contribution in [0, 0.1) is 0 Å². The highest BCUT2D eigenvalue weighted by Crippen LogP contribution is 2.26. The van der Waals surface area contributed by atoms with Crippen LogP contribution in [0.15, 0.2) is 60.0 Å². The van der Waals surface area contributed by atoms with E-state index in [1.807, 2.05) is 37.3 Å². The Morgan fingerprint density at radius 3 is 2.62 bits per heavy atom. The molecule has 7 nitrogen and oxygen atoms in total. The van der Waals surface area contributed by atoms with Gasteiger partial charge in [-0.3, -0.25) is 19.3 Å². The van der Waals surface area contributed by atoms with E-state index in [0.717, 1.165) is 12.0 Å². The van der Waals surface area contributed by atoms with Gasteiger partial charge < -0.3 is 10.6 Å². The predicted octanol–water partition coefficient (Wildman–Crippen LogP) is 3.94. The van der Waals surface area contributed by atoms with Gasteiger partial charge in [-0.15, -0.1) is 11.3 Å². The number of rotatable bonds is 7. The number of aromatic nitrogens is 1. The molecule has 1 aliphatic rings. The molecule has 8 heteroatoms. The molecule has 3 amide bonds. The van der Waals surface area contributed by atoms with Crippen LogP contribution in [0.3, 0.4) is 0 Å². The molecule has 0 bridgehead atoms. The molecule has 1 saturated heterocycles. The number of hydrogen-bond acceptors (Lipinski definition) is 5. The molecule has 0 radical (unpaired) electrons. The van der Waals surface area contributed by atoms with Gasteiger partial charge in [-0.1, -0.05) is 42.5 Å². The lowest BCUT2D eigenvalue weighted by atomic mass is 10.1. The topological polar surface area (TPSA) is 91.4 Å². The molecule has 1 unspecified atom stereocenters. The molecule has 0 spiro atoms. The Labute approximate surface area is 190 Å². The van der Waals surface area contributed by atoms with E-state index >= 15 is 0 Å². The minimum absolute atomic E-state index is 0.0644. The highest BCUT2D eigenvalue weighted by atomic mass is 32.1. The third kappa shape index (κ3) is 5.03. The number of carbonyl (C=O) groups is 3. The minimum Gasteiger partial charge on any atom is -0.345 e. The second-order valence-electron chi connectivity index (χ2n) is 7.65. The van der Waals surface area contributed by atoms with Gasteiger partial charge in [0.05, 0.1) is 29.4 Å². The van der Waals surface area contributed by atoms with Gasteiger partial charge in [0.2, 0.25) is 11.8 Å². The molecule has 0 saturated carbocycles. The van der Waals surface area contributed by atoms with E-state index in [1.165, 1.54) is 11.3 Å². The number of nitrogens with one attached hydrogen (secondary N) is 2. The predicted molar refractivity (Wildman–Crippen MR) is 125 cm³/mol. The fraction of sp³-hybridized carbons (Fsp3) is 0.250. The molecule has 1 fully saturated rings. The molecule has 2 heterocycles. The molecular formula is C24H24N4O3S. The van der Waals surface area contributed by atoms with Crippen molar-refractivity contribution in [1.29, 1.82) is 0 Å². The van der Waals surface area contributed by atoms with E-state index in [9.17, 15) is 14.4 Å². The van der Waals surface area contributed by atoms with Gasteiger partial charge in [-0.05, 0) is 31.0 Å². The first-order chi connectivity index (χ1) is 15.5. The highest BCUT2D eigenvalue weighted by Gasteiger charge is 2.24. The third-order valence-corrected chi connectivity index (χ3v) is 6.19. The third-order valence-electron chi connectivity index (χ3n) is 5.28. The van der Waals surface area contributed by atoms with Crippen LogP contribution >= 0.6 is 11.3 Å². The maximum absolute atomic E-state index is 12.9. The summed E-state index contributed by atoms with van der Waals surface area (Å²) in [5.41, 5.74) is 2.44. The Bertz CT molecular complexity index is 1130. The lowest BCUT2D eigenvalue weighted by Gasteiger charge is -2.16. The lowest BCUT2D eigenvalue weighted by molar-refractivity contribution is -0.117. The first kappa shape index (κ1) is 21.7. The second kappa shape index (κ2) is 9.74. The monoisotopic (exact) mass is 448 g/mol. The Balaban J connectivity index is 1.40. The molecule has 2 aromatic carbocycles. The summed E-state index contributed by atoms with van der Waals surface area (Å²) in [4.78, 5) is 43.5. The Morgan fingerprint density at radius 1 is 1.12 bits per heavy atom. The van der Waals surface area contributed by atoms with Crippen LogP contribution in [-0.2, 0) is 16.0 Å². The lowest BCUT2D eigenvalue weighted by Crippen LogP contribution is -2.28. The van der Waals surface area contributed by atoms with Crippen molar-refractivity contribution in [3.8, 4) is 0 Å². The molecule has 3 aromatic rings. The van der Waals surface area contributed by atoms with Crippen molar-refractivity contribution >= 4 is 39.9 Å². The van der Waals surface area contributed by atoms with Crippen LogP contribution < -0.4 is 15.5 Å². The van der Waals surface area contributed by atoms with Gasteiger partial charge in [0.15, 0.2) is 5.13 Å². The van der Waals surface area contributed by atoms with Crippen molar-refractivity contribution in [1.82, 2.24) is 10.3 Å². The molecule has 32 heavy (non-hydrogen) atoms. The number of carbonyl (C=O) groups excluding carboxylic acids is 3. The Kier molecular flexibility index (Phi) is 6.61. The fourth-order valence-corrected chi connectivity index (χ4v) is 4.47. The van der Waals surface area contributed by atoms with Crippen LogP contribution in [0.5, 0.6) is 0 Å². The van der Waals surface area contributed by atoms with E-state index in [0.29, 0.717) is 35.0 Å². The van der Waals surface area contributed by atoms with Crippen molar-refractivity contribution < 1.29 is 14.4 Å². The Morgan fingerprint density at radius 2 is 1.88 bits per heavy atom. The zero-order valence-electron chi connectivity index (χ0n) is 17.7. The number of nitrogens with zero attached hydrogens (tertiary/aromatic N) is 2. The Hall–Kier alpha value is -3.52. The van der Waals surface area contributed by atoms with Crippen molar-refractivity contribution in [2.24, 2.45) is 0 Å². The highest BCUT2D eigenvalue weighted by molar-refractivity contribution is 7.14. The molecule has 164 valence electrons. The first-order valence-electron chi connectivity index (χ1n) is 10.5. The standard InChI is InChI=1S/C24H24N4O3S/c1-16(17-8-3-2-4-9-17)25-23(31)19-10-5-6-11-20(19)27-21(29)14-18-15-32-24(26-18)28-13-7-12-22(28)30/h2-6,8-11,15-16H,7,12-14H2,1H3,(H,25,31)(H,27,29). The summed E-state index contributed by atoms with van der Waals surface area (Å²) in [6, 6.07) is 16.4. The molecule has 4 rings (SSSR count). The van der Waals surface area contributed by atoms with Gasteiger partial charge in [0.25, 0.3) is 5.91 Å². The number of para-hydroxylation sites is 1. The smallest absolute Gasteiger partial charge is 0.253 e. The summed E-state index contributed by atoms with van der Waals surface area (Å²) >= 11 is 1.36. The molecule has 0 aliphatic carbocycles. The summed E-state index contributed by atoms with van der Waals surface area (Å²) < 4.78 is 0. The number of benzene rings is 2. The maximum atomic E-state index is 12.9. The van der Waals surface area contributed by atoms with E-state index in [1.54, 1.807) is 34.5 Å². The average molecular weight is 449 g/mol. The minimum atomic E-state index is -0.272. The summed E-state index contributed by atoms with van der Waals surface area (Å²) in [5, 5.41) is 8.22. The average Bonchev–Trinajstić information content (AvgIpc) is 3.43. The van der Waals surface area contributed by atoms with Crippen molar-refractivity contribution in [2.45, 2.75) is 32.2 Å². The zero-order chi connectivity index (χ0) is 22.5. The van der Waals surface area contributed by atoms with Gasteiger partial charge in [-0.2, -0.15) is 0 Å². The van der Waals surface area contributed by atoms with Crippen LogP contribution in [0.1, 0.15) is 47.4 Å². The van der Waals surface area contributed by atoms with E-state index < -0.39 is 0 Å². The van der Waals surface area contributed by atoms with Gasteiger partial charge in [0, 0.05) is 18.3 Å². The normalized spacial score (nSPS) is 14.3. The zero-order valence-corrected chi connectivity index (χ0v) is 18.5. The van der Waals surface area contributed by atoms with Crippen LogP contribution in [0.4, 0.5) is 10.8 Å². The summed E-state index contributed by atoms with van der Waals surface area (Å²) in [6.45, 7) is 2.58. The van der Waals surface area contributed by atoms with Gasteiger partial charge >= 0.3 is 0 Å². The first-order valence-corrected chi connectivity index (χ1v) is 11.4. The maximum Gasteiger partial charge on any atom is 0.253 e. The number of thiazole rings is 1. The van der Waals surface area contributed by atoms with Crippen LogP contribution in [-0.4, -0.2) is 29.3 Å².